The Morgan fingerprint density at radius 3 is 2.65 bits per heavy atom. The molecule has 20 heavy (non-hydrogen) atoms. The highest BCUT2D eigenvalue weighted by Gasteiger charge is 2.14. The average Bonchev–Trinajstić information content (AvgIpc) is 2.38. The lowest BCUT2D eigenvalue weighted by molar-refractivity contribution is -0.885. The number of ether oxygens (including phenoxy) is 1. The van der Waals surface area contributed by atoms with Gasteiger partial charge >= 0.3 is 6.03 Å². The SMILES string of the molecule is CNC(=O)NC(=O)C[NH+](C)Cc1cc(C)ccc1OC. The number of rotatable bonds is 5. The molecule has 6 heteroatoms. The monoisotopic (exact) mass is 280 g/mol. The van der Waals surface area contributed by atoms with E-state index >= 15 is 0 Å². The minimum atomic E-state index is -0.490. The van der Waals surface area contributed by atoms with Gasteiger partial charge in [0.1, 0.15) is 12.3 Å². The highest BCUT2D eigenvalue weighted by Crippen LogP contribution is 2.18. The van der Waals surface area contributed by atoms with Crippen molar-refractivity contribution in [3.05, 3.63) is 29.3 Å². The molecular weight excluding hydrogens is 258 g/mol. The van der Waals surface area contributed by atoms with E-state index in [1.807, 2.05) is 32.2 Å². The lowest BCUT2D eigenvalue weighted by atomic mass is 10.1. The topological polar surface area (TPSA) is 71.9 Å². The maximum absolute atomic E-state index is 11.6. The summed E-state index contributed by atoms with van der Waals surface area (Å²) in [6.07, 6.45) is 0. The van der Waals surface area contributed by atoms with Gasteiger partial charge < -0.3 is 15.0 Å². The first-order chi connectivity index (χ1) is 9.46. The van der Waals surface area contributed by atoms with E-state index in [4.69, 9.17) is 4.74 Å². The van der Waals surface area contributed by atoms with Crippen LogP contribution in [0.4, 0.5) is 4.79 Å². The first-order valence-corrected chi connectivity index (χ1v) is 6.42. The van der Waals surface area contributed by atoms with Crippen LogP contribution in [0.25, 0.3) is 0 Å². The molecule has 0 saturated heterocycles. The number of methoxy groups -OCH3 is 1. The van der Waals surface area contributed by atoms with Crippen molar-refractivity contribution in [2.75, 3.05) is 27.7 Å². The van der Waals surface area contributed by atoms with Crippen LogP contribution in [0.3, 0.4) is 0 Å². The molecule has 0 heterocycles. The number of amides is 3. The molecule has 6 nitrogen and oxygen atoms in total. The molecule has 110 valence electrons. The normalized spacial score (nSPS) is 11.6. The second kappa shape index (κ2) is 7.49. The molecule has 0 bridgehead atoms. The average molecular weight is 280 g/mol. The Morgan fingerprint density at radius 2 is 2.05 bits per heavy atom. The van der Waals surface area contributed by atoms with Crippen molar-refractivity contribution in [1.29, 1.82) is 0 Å². The minimum Gasteiger partial charge on any atom is -0.496 e. The van der Waals surface area contributed by atoms with E-state index in [1.165, 1.54) is 7.05 Å². The zero-order valence-corrected chi connectivity index (χ0v) is 12.4. The van der Waals surface area contributed by atoms with Gasteiger partial charge in [-0.15, -0.1) is 0 Å². The van der Waals surface area contributed by atoms with E-state index < -0.39 is 6.03 Å². The van der Waals surface area contributed by atoms with Crippen molar-refractivity contribution in [3.63, 3.8) is 0 Å². The number of quaternary nitrogens is 1. The molecule has 3 N–H and O–H groups in total. The quantitative estimate of drug-likeness (QED) is 0.679. The molecule has 0 aliphatic rings. The molecule has 0 fully saturated rings. The molecule has 0 spiro atoms. The van der Waals surface area contributed by atoms with Gasteiger partial charge in [-0.05, 0) is 19.1 Å². The maximum Gasteiger partial charge on any atom is 0.321 e. The summed E-state index contributed by atoms with van der Waals surface area (Å²) in [5, 5.41) is 4.59. The number of aryl methyl sites for hydroxylation is 1. The Hall–Kier alpha value is -2.08. The van der Waals surface area contributed by atoms with Crippen LogP contribution in [0.5, 0.6) is 5.75 Å². The van der Waals surface area contributed by atoms with E-state index in [0.717, 1.165) is 21.8 Å². The third kappa shape index (κ3) is 4.89. The van der Waals surface area contributed by atoms with Crippen molar-refractivity contribution >= 4 is 11.9 Å². The number of hydrogen-bond acceptors (Lipinski definition) is 3. The van der Waals surface area contributed by atoms with Gasteiger partial charge in [-0.3, -0.25) is 10.1 Å². The van der Waals surface area contributed by atoms with E-state index in [0.29, 0.717) is 6.54 Å². The number of hydrogen-bond donors (Lipinski definition) is 3. The summed E-state index contributed by atoms with van der Waals surface area (Å²) >= 11 is 0. The molecule has 1 rings (SSSR count). The Morgan fingerprint density at radius 1 is 1.35 bits per heavy atom. The summed E-state index contributed by atoms with van der Waals surface area (Å²) in [5.41, 5.74) is 2.18. The molecule has 1 atom stereocenters. The summed E-state index contributed by atoms with van der Waals surface area (Å²) in [6.45, 7) is 2.87. The Bertz CT molecular complexity index is 489. The van der Waals surface area contributed by atoms with Crippen LogP contribution < -0.4 is 20.3 Å². The van der Waals surface area contributed by atoms with Crippen LogP contribution in [-0.2, 0) is 11.3 Å². The predicted octanol–water partition coefficient (Wildman–Crippen LogP) is -0.526. The summed E-state index contributed by atoms with van der Waals surface area (Å²) in [7, 11) is 4.99. The second-order valence-electron chi connectivity index (χ2n) is 4.75. The molecule has 0 aromatic heterocycles. The number of carbonyl (C=O) groups is 2. The second-order valence-corrected chi connectivity index (χ2v) is 4.75. The highest BCUT2D eigenvalue weighted by atomic mass is 16.5. The fraction of sp³-hybridized carbons (Fsp3) is 0.429. The fourth-order valence-electron chi connectivity index (χ4n) is 1.94. The number of benzene rings is 1. The third-order valence-corrected chi connectivity index (χ3v) is 2.87. The van der Waals surface area contributed by atoms with Gasteiger partial charge in [0, 0.05) is 12.6 Å². The Balaban J connectivity index is 2.62. The Labute approximate surface area is 119 Å². The third-order valence-electron chi connectivity index (χ3n) is 2.87. The molecular formula is C14H22N3O3+. The lowest BCUT2D eigenvalue weighted by Gasteiger charge is -2.16. The zero-order valence-electron chi connectivity index (χ0n) is 12.4. The van der Waals surface area contributed by atoms with Crippen molar-refractivity contribution < 1.29 is 19.2 Å². The molecule has 0 saturated carbocycles. The minimum absolute atomic E-state index is 0.213. The van der Waals surface area contributed by atoms with Gasteiger partial charge in [0.05, 0.1) is 14.2 Å². The number of likely N-dealkylation sites (N-methyl/N-ethyl adjacent to an activating group) is 1. The molecule has 3 amide bonds. The van der Waals surface area contributed by atoms with Crippen LogP contribution >= 0.6 is 0 Å². The van der Waals surface area contributed by atoms with Gasteiger partial charge in [0.15, 0.2) is 6.54 Å². The van der Waals surface area contributed by atoms with Gasteiger partial charge in [-0.1, -0.05) is 11.6 Å². The van der Waals surface area contributed by atoms with E-state index in [9.17, 15) is 9.59 Å². The van der Waals surface area contributed by atoms with Gasteiger partial charge in [0.2, 0.25) is 0 Å². The Kier molecular flexibility index (Phi) is 5.99. The summed E-state index contributed by atoms with van der Waals surface area (Å²) in [4.78, 5) is 23.6. The molecule has 1 aromatic rings. The summed E-state index contributed by atoms with van der Waals surface area (Å²) in [5.74, 6) is 0.495. The first-order valence-electron chi connectivity index (χ1n) is 6.42. The number of imide groups is 1. The molecule has 0 aliphatic carbocycles. The summed E-state index contributed by atoms with van der Waals surface area (Å²) in [6, 6.07) is 5.45. The van der Waals surface area contributed by atoms with Crippen LogP contribution in [0.15, 0.2) is 18.2 Å². The van der Waals surface area contributed by atoms with Crippen LogP contribution in [-0.4, -0.2) is 39.7 Å². The van der Waals surface area contributed by atoms with Gasteiger partial charge in [-0.2, -0.15) is 0 Å². The van der Waals surface area contributed by atoms with Gasteiger partial charge in [0.25, 0.3) is 5.91 Å². The summed E-state index contributed by atoms with van der Waals surface area (Å²) < 4.78 is 5.31. The highest BCUT2D eigenvalue weighted by molar-refractivity contribution is 5.94. The number of urea groups is 1. The first kappa shape index (κ1) is 16.0. The smallest absolute Gasteiger partial charge is 0.321 e. The molecule has 0 aliphatic heterocycles. The molecule has 1 aromatic carbocycles. The largest absolute Gasteiger partial charge is 0.496 e. The predicted molar refractivity (Wildman–Crippen MR) is 75.8 cm³/mol. The zero-order chi connectivity index (χ0) is 15.1. The number of carbonyl (C=O) groups excluding carboxylic acids is 2. The van der Waals surface area contributed by atoms with Crippen molar-refractivity contribution in [2.24, 2.45) is 0 Å². The van der Waals surface area contributed by atoms with Crippen LogP contribution in [0, 0.1) is 6.92 Å². The van der Waals surface area contributed by atoms with Crippen molar-refractivity contribution in [2.45, 2.75) is 13.5 Å². The van der Waals surface area contributed by atoms with E-state index in [2.05, 4.69) is 10.6 Å². The van der Waals surface area contributed by atoms with E-state index in [-0.39, 0.29) is 12.5 Å². The number of nitrogens with one attached hydrogen (secondary N) is 3. The lowest BCUT2D eigenvalue weighted by Crippen LogP contribution is -3.09. The van der Waals surface area contributed by atoms with Crippen molar-refractivity contribution in [3.8, 4) is 5.75 Å². The maximum atomic E-state index is 11.6. The van der Waals surface area contributed by atoms with Crippen molar-refractivity contribution in [1.82, 2.24) is 10.6 Å². The van der Waals surface area contributed by atoms with Gasteiger partial charge in [-0.25, -0.2) is 4.79 Å². The standard InChI is InChI=1S/C14H21N3O3/c1-10-5-6-12(20-4)11(7-10)8-17(3)9-13(18)16-14(19)15-2/h5-7H,8-9H2,1-4H3,(H2,15,16,18,19)/p+1. The molecule has 0 radical (unpaired) electrons. The van der Waals surface area contributed by atoms with Crippen LogP contribution in [0.1, 0.15) is 11.1 Å². The molecule has 1 unspecified atom stereocenters. The van der Waals surface area contributed by atoms with E-state index in [1.54, 1.807) is 7.11 Å². The van der Waals surface area contributed by atoms with Crippen LogP contribution in [0.2, 0.25) is 0 Å². The fourth-order valence-corrected chi connectivity index (χ4v) is 1.94.